The van der Waals surface area contributed by atoms with Crippen LogP contribution in [0.15, 0.2) is 57.6 Å². The molecule has 0 fully saturated rings. The Labute approximate surface area is 152 Å². The van der Waals surface area contributed by atoms with Crippen LogP contribution >= 0.6 is 22.6 Å². The van der Waals surface area contributed by atoms with Crippen LogP contribution in [0.2, 0.25) is 0 Å². The van der Waals surface area contributed by atoms with Gasteiger partial charge >= 0.3 is 0 Å². The van der Waals surface area contributed by atoms with E-state index >= 15 is 0 Å². The van der Waals surface area contributed by atoms with Crippen LogP contribution in [0.4, 0.5) is 5.69 Å². The third-order valence-electron chi connectivity index (χ3n) is 3.57. The number of hydrazone groups is 1. The molecule has 0 saturated carbocycles. The number of para-hydroxylation sites is 1. The topological polar surface area (TPSA) is 102 Å². The smallest absolute Gasteiger partial charge is 0.164 e. The fraction of sp³-hybridized carbons (Fsp3) is 0.118. The molecule has 2 aromatic rings. The molecule has 118 valence electrons. The lowest BCUT2D eigenvalue weighted by atomic mass is 9.96. The average Bonchev–Trinajstić information content (AvgIpc) is 3.16. The molecule has 0 saturated heterocycles. The van der Waals surface area contributed by atoms with Gasteiger partial charge in [0.15, 0.2) is 3.77 Å². The van der Waals surface area contributed by atoms with Crippen molar-refractivity contribution in [3.63, 3.8) is 0 Å². The first kappa shape index (κ1) is 16.2. The number of halogens is 1. The second-order valence-electron chi connectivity index (χ2n) is 5.07. The van der Waals surface area contributed by atoms with Gasteiger partial charge in [-0.3, -0.25) is 0 Å². The molecule has 24 heavy (non-hydrogen) atoms. The second kappa shape index (κ2) is 6.87. The third kappa shape index (κ3) is 3.04. The fourth-order valence-electron chi connectivity index (χ4n) is 2.43. The van der Waals surface area contributed by atoms with Crippen LogP contribution in [0.25, 0.3) is 6.08 Å². The summed E-state index contributed by atoms with van der Waals surface area (Å²) in [5.74, 6) is -0.174. The monoisotopic (exact) mass is 429 g/mol. The highest BCUT2D eigenvalue weighted by Crippen LogP contribution is 2.28. The number of allylic oxidation sites excluding steroid dienone is 1. The molecule has 0 radical (unpaired) electrons. The summed E-state index contributed by atoms with van der Waals surface area (Å²) in [4.78, 5) is 0. The van der Waals surface area contributed by atoms with E-state index in [1.54, 1.807) is 23.2 Å². The van der Waals surface area contributed by atoms with Crippen molar-refractivity contribution < 1.29 is 4.42 Å². The number of nitrogens with zero attached hydrogens (tertiary/aromatic N) is 4. The summed E-state index contributed by atoms with van der Waals surface area (Å²) in [5.41, 5.74) is 7.56. The summed E-state index contributed by atoms with van der Waals surface area (Å²) in [7, 11) is 0. The average molecular weight is 429 g/mol. The van der Waals surface area contributed by atoms with Crippen molar-refractivity contribution in [1.82, 2.24) is 0 Å². The van der Waals surface area contributed by atoms with E-state index < -0.39 is 12.1 Å². The Bertz CT molecular complexity index is 888. The molecular weight excluding hydrogens is 417 g/mol. The number of benzene rings is 1. The largest absolute Gasteiger partial charge is 0.451 e. The van der Waals surface area contributed by atoms with Gasteiger partial charge in [-0.05, 0) is 46.9 Å². The molecule has 0 bridgehead atoms. The van der Waals surface area contributed by atoms with Crippen molar-refractivity contribution in [3.8, 4) is 12.1 Å². The predicted molar refractivity (Wildman–Crippen MR) is 98.4 cm³/mol. The molecule has 7 heteroatoms. The van der Waals surface area contributed by atoms with Crippen molar-refractivity contribution in [2.75, 3.05) is 5.01 Å². The Morgan fingerprint density at radius 2 is 2.00 bits per heavy atom. The van der Waals surface area contributed by atoms with Gasteiger partial charge in [0.05, 0.1) is 23.0 Å². The molecule has 2 heterocycles. The first-order valence-corrected chi connectivity index (χ1v) is 8.17. The quantitative estimate of drug-likeness (QED) is 0.597. The fourth-order valence-corrected chi connectivity index (χ4v) is 2.86. The zero-order valence-corrected chi connectivity index (χ0v) is 14.6. The van der Waals surface area contributed by atoms with E-state index in [2.05, 4.69) is 17.2 Å². The van der Waals surface area contributed by atoms with Crippen LogP contribution < -0.4 is 10.7 Å². The maximum Gasteiger partial charge on any atom is 0.164 e. The molecule has 0 spiro atoms. The zero-order valence-electron chi connectivity index (χ0n) is 12.4. The van der Waals surface area contributed by atoms with Crippen molar-refractivity contribution in [1.29, 1.82) is 10.5 Å². The number of nitriles is 2. The molecule has 0 unspecified atom stereocenters. The molecule has 6 nitrogen and oxygen atoms in total. The van der Waals surface area contributed by atoms with E-state index in [-0.39, 0.29) is 5.57 Å². The van der Waals surface area contributed by atoms with Gasteiger partial charge in [0, 0.05) is 6.08 Å². The van der Waals surface area contributed by atoms with Crippen LogP contribution in [0.1, 0.15) is 5.76 Å². The highest BCUT2D eigenvalue weighted by molar-refractivity contribution is 14.1. The van der Waals surface area contributed by atoms with E-state index in [9.17, 15) is 10.5 Å². The number of nitrogens with two attached hydrogens (primary N) is 1. The van der Waals surface area contributed by atoms with Crippen molar-refractivity contribution in [2.24, 2.45) is 16.8 Å². The maximum absolute atomic E-state index is 9.50. The van der Waals surface area contributed by atoms with E-state index in [1.807, 2.05) is 52.9 Å². The summed E-state index contributed by atoms with van der Waals surface area (Å²) in [6.07, 6.45) is 0.924. The molecule has 1 aromatic heterocycles. The molecule has 3 rings (SSSR count). The minimum Gasteiger partial charge on any atom is -0.451 e. The SMILES string of the molecule is N#C/C(=C/c1ccc(I)o1)C1=NN(c2ccccc2)[C@@H](N)[C@@H]1C#N. The Hall–Kier alpha value is -2.62. The Balaban J connectivity index is 2.02. The number of anilines is 1. The molecule has 1 aliphatic heterocycles. The predicted octanol–water partition coefficient (Wildman–Crippen LogP) is 3.09. The highest BCUT2D eigenvalue weighted by Gasteiger charge is 2.37. The molecular formula is C17H12IN5O. The molecule has 1 aromatic carbocycles. The Morgan fingerprint density at radius 3 is 2.58 bits per heavy atom. The first-order chi connectivity index (χ1) is 11.6. The number of rotatable bonds is 3. The van der Waals surface area contributed by atoms with Gasteiger partial charge in [-0.1, -0.05) is 18.2 Å². The Kier molecular flexibility index (Phi) is 4.65. The van der Waals surface area contributed by atoms with E-state index in [0.717, 1.165) is 5.69 Å². The molecule has 1 aliphatic rings. The number of hydrogen-bond acceptors (Lipinski definition) is 6. The lowest BCUT2D eigenvalue weighted by molar-refractivity contribution is 0.528. The molecule has 0 amide bonds. The number of hydrogen-bond donors (Lipinski definition) is 1. The van der Waals surface area contributed by atoms with Gasteiger partial charge in [0.1, 0.15) is 23.9 Å². The van der Waals surface area contributed by atoms with Gasteiger partial charge in [-0.25, -0.2) is 5.01 Å². The summed E-state index contributed by atoms with van der Waals surface area (Å²) in [6.45, 7) is 0. The standard InChI is InChI=1S/C17H12IN5O/c18-15-7-6-13(24-15)8-11(9-19)16-14(10-20)17(21)23(22-16)12-4-2-1-3-5-12/h1-8,14,17H,21H2/b11-8-/t14-,17-/m1/s1. The van der Waals surface area contributed by atoms with Crippen LogP contribution in [0.5, 0.6) is 0 Å². The van der Waals surface area contributed by atoms with Gasteiger partial charge in [0.25, 0.3) is 0 Å². The minimum atomic E-state index is -0.704. The third-order valence-corrected chi connectivity index (χ3v) is 4.15. The lowest BCUT2D eigenvalue weighted by Crippen LogP contribution is -2.40. The highest BCUT2D eigenvalue weighted by atomic mass is 127. The maximum atomic E-state index is 9.50. The minimum absolute atomic E-state index is 0.265. The van der Waals surface area contributed by atoms with E-state index in [1.165, 1.54) is 0 Å². The van der Waals surface area contributed by atoms with Crippen molar-refractivity contribution in [3.05, 3.63) is 57.6 Å². The van der Waals surface area contributed by atoms with Gasteiger partial charge in [0.2, 0.25) is 0 Å². The summed E-state index contributed by atoms with van der Waals surface area (Å²) in [5, 5.41) is 25.0. The Morgan fingerprint density at radius 1 is 1.25 bits per heavy atom. The van der Waals surface area contributed by atoms with Crippen LogP contribution in [0, 0.1) is 32.3 Å². The molecule has 2 atom stereocenters. The summed E-state index contributed by atoms with van der Waals surface area (Å²) in [6, 6.07) is 17.1. The van der Waals surface area contributed by atoms with Crippen LogP contribution in [-0.4, -0.2) is 11.9 Å². The first-order valence-electron chi connectivity index (χ1n) is 7.09. The summed E-state index contributed by atoms with van der Waals surface area (Å²) < 4.78 is 6.17. The van der Waals surface area contributed by atoms with E-state index in [0.29, 0.717) is 15.2 Å². The molecule has 0 aliphatic carbocycles. The zero-order chi connectivity index (χ0) is 17.1. The van der Waals surface area contributed by atoms with Crippen LogP contribution in [-0.2, 0) is 0 Å². The lowest BCUT2D eigenvalue weighted by Gasteiger charge is -2.21. The second-order valence-corrected chi connectivity index (χ2v) is 6.14. The summed E-state index contributed by atoms with van der Waals surface area (Å²) >= 11 is 2.04. The van der Waals surface area contributed by atoms with Crippen molar-refractivity contribution in [2.45, 2.75) is 6.17 Å². The van der Waals surface area contributed by atoms with Crippen LogP contribution in [0.3, 0.4) is 0 Å². The van der Waals surface area contributed by atoms with Crippen molar-refractivity contribution >= 4 is 40.1 Å². The van der Waals surface area contributed by atoms with E-state index in [4.69, 9.17) is 10.2 Å². The normalized spacial score (nSPS) is 20.4. The molecule has 2 N–H and O–H groups in total. The van der Waals surface area contributed by atoms with Gasteiger partial charge in [-0.15, -0.1) is 0 Å². The van der Waals surface area contributed by atoms with Gasteiger partial charge < -0.3 is 10.2 Å². The van der Waals surface area contributed by atoms with Gasteiger partial charge in [-0.2, -0.15) is 15.6 Å². The number of furan rings is 1.